The summed E-state index contributed by atoms with van der Waals surface area (Å²) >= 11 is 0. The molecule has 1 heterocycles. The third-order valence-corrected chi connectivity index (χ3v) is 12.3. The SMILES string of the molecule is C[C@@H]1CC2C[C@H](C)CC(c3ccc(-c4ccccc4-c4nc(-c5ccccc5)nc(-c5ccc6c(c5)-c5ccc(C#N)cc5C6(C)C)n4)cc3)(C2)C1. The van der Waals surface area contributed by atoms with E-state index in [4.69, 9.17) is 15.0 Å². The molecule has 256 valence electrons. The van der Waals surface area contributed by atoms with Gasteiger partial charge in [-0.25, -0.2) is 15.0 Å². The van der Waals surface area contributed by atoms with Crippen LogP contribution in [0.25, 0.3) is 56.4 Å². The maximum Gasteiger partial charge on any atom is 0.164 e. The highest BCUT2D eigenvalue weighted by atomic mass is 15.0. The summed E-state index contributed by atoms with van der Waals surface area (Å²) in [5.74, 6) is 4.37. The average molecular weight is 677 g/mol. The third-order valence-electron chi connectivity index (χ3n) is 12.3. The Labute approximate surface area is 307 Å². The average Bonchev–Trinajstić information content (AvgIpc) is 3.39. The molecule has 9 rings (SSSR count). The lowest BCUT2D eigenvalue weighted by atomic mass is 9.54. The van der Waals surface area contributed by atoms with Crippen molar-refractivity contribution in [2.24, 2.45) is 17.8 Å². The van der Waals surface area contributed by atoms with E-state index < -0.39 is 0 Å². The van der Waals surface area contributed by atoms with Gasteiger partial charge < -0.3 is 0 Å². The minimum Gasteiger partial charge on any atom is -0.208 e. The van der Waals surface area contributed by atoms with Gasteiger partial charge in [0.15, 0.2) is 17.5 Å². The molecule has 52 heavy (non-hydrogen) atoms. The van der Waals surface area contributed by atoms with Crippen molar-refractivity contribution in [1.29, 1.82) is 5.26 Å². The molecule has 4 heteroatoms. The second kappa shape index (κ2) is 12.4. The number of rotatable bonds is 5. The minimum absolute atomic E-state index is 0.212. The molecule has 3 aliphatic rings. The summed E-state index contributed by atoms with van der Waals surface area (Å²) in [5.41, 5.74) is 12.2. The van der Waals surface area contributed by atoms with Crippen LogP contribution in [0.2, 0.25) is 0 Å². The molecule has 2 bridgehead atoms. The lowest BCUT2D eigenvalue weighted by Gasteiger charge is -2.50. The highest BCUT2D eigenvalue weighted by molar-refractivity contribution is 5.85. The molecule has 3 aliphatic carbocycles. The number of fused-ring (bicyclic) bond motifs is 5. The van der Waals surface area contributed by atoms with Crippen molar-refractivity contribution in [3.63, 3.8) is 0 Å². The van der Waals surface area contributed by atoms with Crippen LogP contribution in [0, 0.1) is 29.1 Å². The fraction of sp³-hybridized carbons (Fsp3) is 0.292. The summed E-state index contributed by atoms with van der Waals surface area (Å²) in [6, 6.07) is 43.1. The molecule has 0 saturated heterocycles. The van der Waals surface area contributed by atoms with Crippen LogP contribution in [-0.4, -0.2) is 15.0 Å². The van der Waals surface area contributed by atoms with E-state index in [1.165, 1.54) is 54.4 Å². The Morgan fingerprint density at radius 1 is 0.558 bits per heavy atom. The van der Waals surface area contributed by atoms with E-state index in [0.717, 1.165) is 51.1 Å². The van der Waals surface area contributed by atoms with E-state index in [0.29, 0.717) is 28.5 Å². The molecule has 4 nitrogen and oxygen atoms in total. The number of aromatic nitrogens is 3. The number of hydrogen-bond acceptors (Lipinski definition) is 4. The highest BCUT2D eigenvalue weighted by Crippen LogP contribution is 2.54. The first-order chi connectivity index (χ1) is 25.2. The van der Waals surface area contributed by atoms with Gasteiger partial charge in [-0.15, -0.1) is 0 Å². The summed E-state index contributed by atoms with van der Waals surface area (Å²) in [6.45, 7) is 9.39. The molecule has 0 amide bonds. The first kappa shape index (κ1) is 32.5. The van der Waals surface area contributed by atoms with Gasteiger partial charge in [-0.2, -0.15) is 5.26 Å². The summed E-state index contributed by atoms with van der Waals surface area (Å²) in [5, 5.41) is 9.62. The predicted octanol–water partition coefficient (Wildman–Crippen LogP) is 11.8. The van der Waals surface area contributed by atoms with Crippen molar-refractivity contribution in [2.45, 2.75) is 70.6 Å². The molecule has 0 radical (unpaired) electrons. The fourth-order valence-corrected chi connectivity index (χ4v) is 10.3. The summed E-state index contributed by atoms with van der Waals surface area (Å²) < 4.78 is 0. The molecular weight excluding hydrogens is 633 g/mol. The van der Waals surface area contributed by atoms with Gasteiger partial charge in [-0.3, -0.25) is 0 Å². The van der Waals surface area contributed by atoms with Crippen LogP contribution in [0.15, 0.2) is 115 Å². The molecule has 2 fully saturated rings. The Hall–Kier alpha value is -5.40. The molecule has 0 aliphatic heterocycles. The lowest BCUT2D eigenvalue weighted by Crippen LogP contribution is -2.42. The van der Waals surface area contributed by atoms with Gasteiger partial charge in [0.25, 0.3) is 0 Å². The number of nitrogens with zero attached hydrogens (tertiary/aromatic N) is 4. The van der Waals surface area contributed by atoms with Crippen molar-refractivity contribution < 1.29 is 0 Å². The summed E-state index contributed by atoms with van der Waals surface area (Å²) in [4.78, 5) is 15.4. The van der Waals surface area contributed by atoms with Crippen LogP contribution in [-0.2, 0) is 10.8 Å². The van der Waals surface area contributed by atoms with Crippen LogP contribution in [0.3, 0.4) is 0 Å². The Balaban J connectivity index is 1.14. The molecule has 0 N–H and O–H groups in total. The van der Waals surface area contributed by atoms with Crippen molar-refractivity contribution in [1.82, 2.24) is 15.0 Å². The van der Waals surface area contributed by atoms with E-state index in [9.17, 15) is 5.26 Å². The van der Waals surface area contributed by atoms with Gasteiger partial charge >= 0.3 is 0 Å². The standard InChI is InChI=1S/C48H44N4/c1-30-22-33-23-31(2)27-48(26-30,28-33)37-18-15-34(16-19-37)38-12-8-9-13-40(38)46-51-44(35-10-6-5-7-11-35)50-45(52-46)36-17-21-42-41(25-36)39-20-14-32(29-49)24-43(39)47(42,3)4/h5-21,24-25,30-31,33H,22-23,26-28H2,1-4H3/t30-,31+,33?,48?. The zero-order valence-electron chi connectivity index (χ0n) is 30.5. The fourth-order valence-electron chi connectivity index (χ4n) is 10.3. The second-order valence-electron chi connectivity index (χ2n) is 16.5. The third kappa shape index (κ3) is 5.46. The zero-order valence-corrected chi connectivity index (χ0v) is 30.5. The van der Waals surface area contributed by atoms with E-state index >= 15 is 0 Å². The molecule has 4 atom stereocenters. The predicted molar refractivity (Wildman–Crippen MR) is 210 cm³/mol. The number of benzene rings is 5. The van der Waals surface area contributed by atoms with Crippen LogP contribution in [0.1, 0.15) is 82.1 Å². The molecule has 5 aromatic carbocycles. The topological polar surface area (TPSA) is 62.5 Å². The number of hydrogen-bond donors (Lipinski definition) is 0. The van der Waals surface area contributed by atoms with E-state index in [-0.39, 0.29) is 5.41 Å². The smallest absolute Gasteiger partial charge is 0.164 e. The Bertz CT molecular complexity index is 2350. The van der Waals surface area contributed by atoms with E-state index in [1.54, 1.807) is 0 Å². The Kier molecular flexibility index (Phi) is 7.74. The van der Waals surface area contributed by atoms with Gasteiger partial charge in [0, 0.05) is 22.1 Å². The Morgan fingerprint density at radius 3 is 1.90 bits per heavy atom. The molecule has 6 aromatic rings. The number of nitriles is 1. The van der Waals surface area contributed by atoms with Gasteiger partial charge in [0.05, 0.1) is 11.6 Å². The maximum absolute atomic E-state index is 9.62. The van der Waals surface area contributed by atoms with Crippen LogP contribution in [0.4, 0.5) is 0 Å². The summed E-state index contributed by atoms with van der Waals surface area (Å²) in [6.07, 6.45) is 6.70. The first-order valence-electron chi connectivity index (χ1n) is 18.9. The highest BCUT2D eigenvalue weighted by Gasteiger charge is 2.45. The largest absolute Gasteiger partial charge is 0.208 e. The van der Waals surface area contributed by atoms with Crippen molar-refractivity contribution in [2.75, 3.05) is 0 Å². The summed E-state index contributed by atoms with van der Waals surface area (Å²) in [7, 11) is 0. The minimum atomic E-state index is -0.212. The van der Waals surface area contributed by atoms with Gasteiger partial charge in [-0.05, 0) is 112 Å². The molecule has 2 saturated carbocycles. The molecule has 0 spiro atoms. The normalized spacial score (nSPS) is 22.6. The van der Waals surface area contributed by atoms with Crippen LogP contribution in [0.5, 0.6) is 0 Å². The second-order valence-corrected chi connectivity index (χ2v) is 16.5. The lowest BCUT2D eigenvalue weighted by molar-refractivity contribution is 0.0780. The van der Waals surface area contributed by atoms with Crippen LogP contribution >= 0.6 is 0 Å². The van der Waals surface area contributed by atoms with Gasteiger partial charge in [-0.1, -0.05) is 125 Å². The van der Waals surface area contributed by atoms with Crippen molar-refractivity contribution in [3.05, 3.63) is 138 Å². The first-order valence-corrected chi connectivity index (χ1v) is 18.9. The molecule has 1 aromatic heterocycles. The van der Waals surface area contributed by atoms with E-state index in [2.05, 4.69) is 119 Å². The molecule has 2 unspecified atom stereocenters. The van der Waals surface area contributed by atoms with Crippen molar-refractivity contribution in [3.8, 4) is 62.5 Å². The van der Waals surface area contributed by atoms with Gasteiger partial charge in [0.1, 0.15) is 0 Å². The van der Waals surface area contributed by atoms with Gasteiger partial charge in [0.2, 0.25) is 0 Å². The van der Waals surface area contributed by atoms with E-state index in [1.807, 2.05) is 30.3 Å². The van der Waals surface area contributed by atoms with Crippen molar-refractivity contribution >= 4 is 0 Å². The quantitative estimate of drug-likeness (QED) is 0.182. The monoisotopic (exact) mass is 676 g/mol. The maximum atomic E-state index is 9.62. The Morgan fingerprint density at radius 2 is 1.19 bits per heavy atom. The molecular formula is C48H44N4. The van der Waals surface area contributed by atoms with Crippen LogP contribution < -0.4 is 0 Å². The zero-order chi connectivity index (χ0) is 35.6.